The molecule has 0 unspecified atom stereocenters. The predicted octanol–water partition coefficient (Wildman–Crippen LogP) is 16.9. The molecule has 0 aliphatic carbocycles. The smallest absolute Gasteiger partial charge is 0.00103 e. The number of halogens is 5. The molecule has 10 aromatic carbocycles. The Kier molecular flexibility index (Phi) is 32.2. The van der Waals surface area contributed by atoms with Crippen molar-refractivity contribution in [3.05, 3.63) is 313 Å². The van der Waals surface area contributed by atoms with Crippen molar-refractivity contribution in [1.29, 1.82) is 0 Å². The van der Waals surface area contributed by atoms with Gasteiger partial charge in [-0.25, -0.2) is 0 Å². The minimum absolute atomic E-state index is 0.346. The average Bonchev–Trinajstić information content (AvgIpc) is 3.52. The molecule has 0 aromatic heterocycles. The van der Waals surface area contributed by atoms with Gasteiger partial charge in [-0.2, -0.15) is 0 Å². The van der Waals surface area contributed by atoms with Gasteiger partial charge in [-0.05, 0) is 110 Å². The fourth-order valence-electron chi connectivity index (χ4n) is 8.89. The third-order valence-corrected chi connectivity index (χ3v) is 22.7. The molecule has 0 radical (unpaired) electrons. The second-order valence-corrected chi connectivity index (χ2v) is 37.2. The van der Waals surface area contributed by atoms with Gasteiger partial charge in [-0.3, -0.25) is 0 Å². The van der Waals surface area contributed by atoms with E-state index in [2.05, 4.69) is 310 Å². The average molecular weight is 1400 g/mol. The Hall–Kier alpha value is -3.42. The first-order valence-corrected chi connectivity index (χ1v) is 43.6. The molecule has 10 rings (SSSR count). The normalized spacial score (nSPS) is 10.8. The van der Waals surface area contributed by atoms with Gasteiger partial charge in [0.15, 0.2) is 0 Å². The van der Waals surface area contributed by atoms with Crippen LogP contribution in [0.5, 0.6) is 0 Å². The summed E-state index contributed by atoms with van der Waals surface area (Å²) in [5.41, 5.74) is 5.89. The number of hydrogen-bond acceptors (Lipinski definition) is 0. The summed E-state index contributed by atoms with van der Waals surface area (Å²) in [5, 5.41) is 13.7. The van der Waals surface area contributed by atoms with Gasteiger partial charge in [0.05, 0.1) is 13.1 Å². The molecule has 0 saturated heterocycles. The van der Waals surface area contributed by atoms with Crippen LogP contribution in [-0.2, 0) is 52.8 Å². The number of rotatable bonds is 18. The molecule has 0 aliphatic heterocycles. The minimum Gasteiger partial charge on any atom is -0.0622 e. The van der Waals surface area contributed by atoms with Crippen molar-refractivity contribution in [3.8, 4) is 0 Å². The molecule has 10 aromatic rings. The maximum Gasteiger partial charge on any atom is 0.00103 e. The predicted molar refractivity (Wildman–Crippen MR) is 356 cm³/mol. The van der Waals surface area contributed by atoms with E-state index in [9.17, 15) is 0 Å². The first kappa shape index (κ1) is 65.7. The van der Waals surface area contributed by atoms with Crippen molar-refractivity contribution in [2.75, 3.05) is 13.1 Å². The van der Waals surface area contributed by atoms with E-state index in [1.54, 1.807) is 0 Å². The van der Waals surface area contributed by atoms with E-state index in [4.69, 9.17) is 48.5 Å². The van der Waals surface area contributed by atoms with E-state index in [0.717, 1.165) is 24.6 Å². The van der Waals surface area contributed by atoms with E-state index in [1.807, 2.05) is 0 Å². The Labute approximate surface area is 516 Å². The van der Waals surface area contributed by atoms with Crippen LogP contribution in [0.3, 0.4) is 0 Å². The quantitative estimate of drug-likeness (QED) is 0.0651. The van der Waals surface area contributed by atoms with E-state index < -0.39 is 44.7 Å². The fraction of sp³-hybridized carbons (Fsp3) is 0.118. The van der Waals surface area contributed by atoms with Crippen LogP contribution in [0, 0.1) is 0 Å². The van der Waals surface area contributed by atoms with Gasteiger partial charge in [-0.15, -0.1) is 0 Å². The van der Waals surface area contributed by atoms with Crippen LogP contribution in [0.4, 0.5) is 0 Å². The van der Waals surface area contributed by atoms with Gasteiger partial charge in [0.1, 0.15) is 0 Å². The molecule has 2 N–H and O–H groups in total. The van der Waals surface area contributed by atoms with Crippen molar-refractivity contribution < 1.29 is 33.4 Å². The molecule has 0 spiro atoms. The maximum atomic E-state index is 4.95. The van der Waals surface area contributed by atoms with Gasteiger partial charge < -0.3 is 5.32 Å². The molecule has 0 fully saturated rings. The van der Waals surface area contributed by atoms with Gasteiger partial charge >= 0.3 is 76.6 Å². The van der Waals surface area contributed by atoms with Crippen LogP contribution >= 0.6 is 80.1 Å². The van der Waals surface area contributed by atoms with E-state index in [-0.39, 0.29) is 15.1 Å². The van der Waals surface area contributed by atoms with E-state index >= 15 is 0 Å². The van der Waals surface area contributed by atoms with Crippen molar-refractivity contribution in [3.63, 3.8) is 0 Å². The van der Waals surface area contributed by atoms with Crippen LogP contribution in [0.25, 0.3) is 0 Å². The summed E-state index contributed by atoms with van der Waals surface area (Å²) in [7, 11) is 22.7. The Morgan fingerprint density at radius 1 is 0.275 bits per heavy atom. The molecule has 416 valence electrons. The zero-order chi connectivity index (χ0) is 56.4. The second kappa shape index (κ2) is 39.2. The second-order valence-electron chi connectivity index (χ2n) is 17.9. The summed E-state index contributed by atoms with van der Waals surface area (Å²) in [6, 6.07) is 107. The zero-order valence-corrected chi connectivity index (χ0v) is 55.8. The standard InChI is InChI=1S/2C32H28P2.C4H11N.5ClH.2Ru/c2*1-5-17-29(18-6-1)33(30-19-7-2-8-20-30)25-27-15-13-14-16-28(27)26-34(31-21-9-3-10-22-31)32-23-11-4-12-24-32;1-3-5-4-2;;;;;;;/h2*1-24H,25-26H2;5H,3-4H2,1-2H3;5*1H;;/q;;;;;;;;2*+2/p-4. The number of benzene rings is 10. The van der Waals surface area contributed by atoms with E-state index in [1.165, 1.54) is 77.8 Å². The number of nitrogens with two attached hydrogens (primary N) is 1. The van der Waals surface area contributed by atoms with Crippen molar-refractivity contribution in [2.45, 2.75) is 38.5 Å². The fourth-order valence-corrected chi connectivity index (χ4v) is 18.4. The van der Waals surface area contributed by atoms with Gasteiger partial charge in [0.25, 0.3) is 0 Å². The molecule has 12 heteroatoms. The largest absolute Gasteiger partial charge is 0.0622 e. The summed E-state index contributed by atoms with van der Waals surface area (Å²) in [5.74, 6) is 0. The molecular formula is C68H68Cl5NP4Ru2. The Morgan fingerprint density at radius 3 is 0.512 bits per heavy atom. The van der Waals surface area contributed by atoms with Crippen molar-refractivity contribution in [1.82, 2.24) is 0 Å². The zero-order valence-electron chi connectivity index (χ0n) is 44.9. The molecule has 1 nitrogen and oxygen atoms in total. The van der Waals surface area contributed by atoms with Crippen LogP contribution in [0.15, 0.2) is 291 Å². The molecule has 0 bridgehead atoms. The first-order valence-electron chi connectivity index (χ1n) is 26.3. The minimum atomic E-state index is -1.75. The summed E-state index contributed by atoms with van der Waals surface area (Å²) >= 11 is -2.10. The molecule has 0 heterocycles. The third kappa shape index (κ3) is 23.0. The molecule has 80 heavy (non-hydrogen) atoms. The first-order chi connectivity index (χ1) is 39.3. The maximum absolute atomic E-state index is 4.95. The van der Waals surface area contributed by atoms with Crippen LogP contribution in [0.1, 0.15) is 36.1 Å². The number of quaternary nitrogens is 1. The summed E-state index contributed by atoms with van der Waals surface area (Å²) < 4.78 is 0. The van der Waals surface area contributed by atoms with E-state index in [0.29, 0.717) is 0 Å². The van der Waals surface area contributed by atoms with Gasteiger partial charge in [0.2, 0.25) is 0 Å². The summed E-state index contributed by atoms with van der Waals surface area (Å²) in [6.45, 7) is 6.75. The summed E-state index contributed by atoms with van der Waals surface area (Å²) in [4.78, 5) is 0. The molecule has 0 aliphatic rings. The SMILES string of the molecule is CC[NH2+]CC.[Cl][Ru-]([Cl])[Cl].[Cl][Ru][Cl].c1ccc(P(Cc2ccccc2CP(c2ccccc2)c2ccccc2)c2ccccc2)cc1.c1ccc(P(Cc2ccccc2CP(c2ccccc2)c2ccccc2)c2ccccc2)cc1. The Bertz CT molecular complexity index is 2590. The van der Waals surface area contributed by atoms with Crippen molar-refractivity contribution >= 4 is 123 Å². The molecule has 0 atom stereocenters. The van der Waals surface area contributed by atoms with Gasteiger partial charge in [-0.1, -0.05) is 291 Å². The van der Waals surface area contributed by atoms with Crippen molar-refractivity contribution in [2.24, 2.45) is 0 Å². The van der Waals surface area contributed by atoms with Crippen LogP contribution in [0.2, 0.25) is 0 Å². The van der Waals surface area contributed by atoms with Gasteiger partial charge in [0, 0.05) is 24.6 Å². The summed E-state index contributed by atoms with van der Waals surface area (Å²) in [6.07, 6.45) is 4.25. The van der Waals surface area contributed by atoms with Crippen LogP contribution in [-0.4, -0.2) is 13.1 Å². The van der Waals surface area contributed by atoms with Crippen LogP contribution < -0.4 is 47.8 Å². The third-order valence-electron chi connectivity index (χ3n) is 12.7. The number of hydrogen-bond donors (Lipinski definition) is 1. The Morgan fingerprint density at radius 2 is 0.400 bits per heavy atom. The topological polar surface area (TPSA) is 16.6 Å². The molecular weight excluding hydrogens is 1330 g/mol. The Balaban J connectivity index is 0.000000215. The molecule has 0 amide bonds. The molecule has 0 saturated carbocycles. The monoisotopic (exact) mass is 1400 g/mol.